The average Bonchev–Trinajstić information content (AvgIpc) is 2.59. The zero-order chi connectivity index (χ0) is 17.1. The molecule has 1 aromatic heterocycles. The molecule has 1 amide bonds. The summed E-state index contributed by atoms with van der Waals surface area (Å²) in [5.74, 6) is 1.18. The van der Waals surface area contributed by atoms with Crippen LogP contribution in [0.2, 0.25) is 0 Å². The van der Waals surface area contributed by atoms with Gasteiger partial charge in [0.05, 0.1) is 11.7 Å². The Balaban J connectivity index is 1.68. The molecule has 1 heterocycles. The van der Waals surface area contributed by atoms with Gasteiger partial charge >= 0.3 is 0 Å². The molecule has 0 unspecified atom stereocenters. The molecule has 0 aliphatic heterocycles. The highest BCUT2D eigenvalue weighted by Gasteiger charge is 2.28. The number of primary amides is 1. The van der Waals surface area contributed by atoms with Crippen molar-refractivity contribution in [2.45, 2.75) is 63.6 Å². The van der Waals surface area contributed by atoms with E-state index in [4.69, 9.17) is 10.5 Å². The zero-order valence-electron chi connectivity index (χ0n) is 14.4. The van der Waals surface area contributed by atoms with Gasteiger partial charge in [-0.15, -0.1) is 0 Å². The van der Waals surface area contributed by atoms with Crippen LogP contribution in [-0.2, 0) is 4.74 Å². The Morgan fingerprint density at radius 1 is 1.21 bits per heavy atom. The summed E-state index contributed by atoms with van der Waals surface area (Å²) >= 11 is 0. The second kappa shape index (κ2) is 7.34. The lowest BCUT2D eigenvalue weighted by Gasteiger charge is -2.35. The molecule has 2 saturated carbocycles. The topological polar surface area (TPSA) is 102 Å². The average molecular weight is 333 g/mol. The van der Waals surface area contributed by atoms with Gasteiger partial charge in [-0.1, -0.05) is 6.92 Å². The highest BCUT2D eigenvalue weighted by atomic mass is 16.5. The lowest BCUT2D eigenvalue weighted by Crippen LogP contribution is -2.37. The number of carbonyl (C=O) groups is 1. The number of hydrogen-bond donors (Lipinski definition) is 3. The summed E-state index contributed by atoms with van der Waals surface area (Å²) in [7, 11) is 1.77. The number of rotatable bonds is 6. The number of hydrogen-bond acceptors (Lipinski definition) is 6. The van der Waals surface area contributed by atoms with Gasteiger partial charge in [0.1, 0.15) is 5.82 Å². The number of methoxy groups -OCH3 is 1. The number of nitrogens with one attached hydrogen (secondary N) is 2. The van der Waals surface area contributed by atoms with Crippen molar-refractivity contribution in [2.24, 2.45) is 11.7 Å². The molecular formula is C17H27N5O2. The van der Waals surface area contributed by atoms with Crippen LogP contribution in [0.3, 0.4) is 0 Å². The number of amides is 1. The Kier molecular flexibility index (Phi) is 5.18. The van der Waals surface area contributed by atoms with E-state index in [9.17, 15) is 4.79 Å². The fourth-order valence-electron chi connectivity index (χ4n) is 3.42. The van der Waals surface area contributed by atoms with Gasteiger partial charge in [0.15, 0.2) is 0 Å². The van der Waals surface area contributed by atoms with Crippen LogP contribution >= 0.6 is 0 Å². The number of aromatic nitrogens is 2. The van der Waals surface area contributed by atoms with Crippen LogP contribution in [-0.4, -0.2) is 41.2 Å². The fraction of sp³-hybridized carbons (Fsp3) is 0.706. The Labute approximate surface area is 142 Å². The van der Waals surface area contributed by atoms with Gasteiger partial charge in [-0.3, -0.25) is 4.79 Å². The summed E-state index contributed by atoms with van der Waals surface area (Å²) in [6, 6.07) is 0.689. The quantitative estimate of drug-likeness (QED) is 0.737. The molecule has 0 radical (unpaired) electrons. The summed E-state index contributed by atoms with van der Waals surface area (Å²) in [4.78, 5) is 20.4. The van der Waals surface area contributed by atoms with Crippen LogP contribution in [0.25, 0.3) is 0 Å². The fourth-order valence-corrected chi connectivity index (χ4v) is 3.42. The summed E-state index contributed by atoms with van der Waals surface area (Å²) in [6.07, 6.45) is 8.30. The smallest absolute Gasteiger partial charge is 0.254 e. The molecule has 7 heteroatoms. The van der Waals surface area contributed by atoms with E-state index in [1.165, 1.54) is 12.6 Å². The largest absolute Gasteiger partial charge is 0.381 e. The molecule has 0 bridgehead atoms. The Morgan fingerprint density at radius 3 is 2.50 bits per heavy atom. The first-order valence-electron chi connectivity index (χ1n) is 8.79. The lowest BCUT2D eigenvalue weighted by molar-refractivity contribution is 0.0681. The zero-order valence-corrected chi connectivity index (χ0v) is 14.4. The highest BCUT2D eigenvalue weighted by molar-refractivity contribution is 5.97. The first-order chi connectivity index (χ1) is 11.6. The molecule has 2 aliphatic carbocycles. The molecule has 7 nitrogen and oxygen atoms in total. The number of anilines is 2. The first kappa shape index (κ1) is 17.0. The van der Waals surface area contributed by atoms with E-state index in [0.29, 0.717) is 41.4 Å². The van der Waals surface area contributed by atoms with Crippen molar-refractivity contribution in [3.8, 4) is 0 Å². The molecule has 2 fully saturated rings. The van der Waals surface area contributed by atoms with Crippen LogP contribution in [0.15, 0.2) is 6.20 Å². The maximum atomic E-state index is 11.6. The monoisotopic (exact) mass is 333 g/mol. The predicted octanol–water partition coefficient (Wildman–Crippen LogP) is 2.16. The second-order valence-electron chi connectivity index (χ2n) is 6.98. The molecule has 0 spiro atoms. The summed E-state index contributed by atoms with van der Waals surface area (Å²) in [6.45, 7) is 2.19. The van der Waals surface area contributed by atoms with Crippen molar-refractivity contribution in [3.63, 3.8) is 0 Å². The van der Waals surface area contributed by atoms with Crippen LogP contribution in [0.5, 0.6) is 0 Å². The van der Waals surface area contributed by atoms with Gasteiger partial charge in [-0.2, -0.15) is 4.98 Å². The molecule has 1 aromatic rings. The van der Waals surface area contributed by atoms with Crippen LogP contribution in [0, 0.1) is 5.92 Å². The third-order valence-corrected chi connectivity index (χ3v) is 5.34. The molecule has 4 N–H and O–H groups in total. The van der Waals surface area contributed by atoms with Gasteiger partial charge in [-0.05, 0) is 44.4 Å². The van der Waals surface area contributed by atoms with Gasteiger partial charge < -0.3 is 21.1 Å². The maximum absolute atomic E-state index is 11.6. The van der Waals surface area contributed by atoms with E-state index in [1.807, 2.05) is 0 Å². The maximum Gasteiger partial charge on any atom is 0.254 e. The number of ether oxygens (including phenoxy) is 1. The van der Waals surface area contributed by atoms with Gasteiger partial charge in [0.25, 0.3) is 5.91 Å². The highest BCUT2D eigenvalue weighted by Crippen LogP contribution is 2.30. The minimum Gasteiger partial charge on any atom is -0.381 e. The third kappa shape index (κ3) is 3.77. The molecule has 132 valence electrons. The molecule has 0 saturated heterocycles. The lowest BCUT2D eigenvalue weighted by atomic mass is 9.81. The molecule has 2 aliphatic rings. The van der Waals surface area contributed by atoms with Crippen molar-refractivity contribution >= 4 is 17.7 Å². The minimum atomic E-state index is -0.503. The van der Waals surface area contributed by atoms with E-state index < -0.39 is 5.91 Å². The van der Waals surface area contributed by atoms with E-state index in [2.05, 4.69) is 27.5 Å². The minimum absolute atomic E-state index is 0.339. The van der Waals surface area contributed by atoms with E-state index in [-0.39, 0.29) is 0 Å². The third-order valence-electron chi connectivity index (χ3n) is 5.34. The molecule has 0 aromatic carbocycles. The van der Waals surface area contributed by atoms with Crippen LogP contribution < -0.4 is 16.4 Å². The summed E-state index contributed by atoms with van der Waals surface area (Å²) in [5, 5.41) is 6.74. The number of carbonyl (C=O) groups excluding carboxylic acids is 1. The molecular weight excluding hydrogens is 306 g/mol. The molecule has 2 atom stereocenters. The SMILES string of the molecule is COC1CCC(Nc2ncc(C(N)=O)c(N[C@@H]3CC[C@H]3C)n2)CC1. The predicted molar refractivity (Wildman–Crippen MR) is 93.0 cm³/mol. The van der Waals surface area contributed by atoms with Crippen LogP contribution in [0.1, 0.15) is 55.8 Å². The van der Waals surface area contributed by atoms with Crippen molar-refractivity contribution in [2.75, 3.05) is 17.7 Å². The summed E-state index contributed by atoms with van der Waals surface area (Å²) < 4.78 is 5.40. The van der Waals surface area contributed by atoms with Crippen molar-refractivity contribution < 1.29 is 9.53 Å². The Morgan fingerprint density at radius 2 is 1.96 bits per heavy atom. The van der Waals surface area contributed by atoms with Crippen molar-refractivity contribution in [1.82, 2.24) is 9.97 Å². The normalized spacial score (nSPS) is 29.6. The van der Waals surface area contributed by atoms with Gasteiger partial charge in [-0.25, -0.2) is 4.98 Å². The molecule has 24 heavy (non-hydrogen) atoms. The Bertz CT molecular complexity index is 586. The van der Waals surface area contributed by atoms with Gasteiger partial charge in [0.2, 0.25) is 5.95 Å². The second-order valence-corrected chi connectivity index (χ2v) is 6.98. The van der Waals surface area contributed by atoms with Crippen molar-refractivity contribution in [3.05, 3.63) is 11.8 Å². The van der Waals surface area contributed by atoms with E-state index in [0.717, 1.165) is 32.1 Å². The van der Waals surface area contributed by atoms with Crippen molar-refractivity contribution in [1.29, 1.82) is 0 Å². The Hall–Kier alpha value is -1.89. The van der Waals surface area contributed by atoms with E-state index >= 15 is 0 Å². The number of nitrogens with two attached hydrogens (primary N) is 1. The summed E-state index contributed by atoms with van der Waals surface area (Å²) in [5.41, 5.74) is 5.81. The van der Waals surface area contributed by atoms with E-state index in [1.54, 1.807) is 7.11 Å². The van der Waals surface area contributed by atoms with Gasteiger partial charge in [0, 0.05) is 25.4 Å². The first-order valence-corrected chi connectivity index (χ1v) is 8.79. The van der Waals surface area contributed by atoms with Crippen LogP contribution in [0.4, 0.5) is 11.8 Å². The number of nitrogens with zero attached hydrogens (tertiary/aromatic N) is 2. The standard InChI is InChI=1S/C17H27N5O2/c1-10-3-8-14(10)21-16-13(15(18)23)9-19-17(22-16)20-11-4-6-12(24-2)7-5-11/h9-12,14H,3-8H2,1-2H3,(H2,18,23)(H2,19,20,21,22)/t10-,11?,12?,14-/m1/s1. The molecule has 3 rings (SSSR count).